The second-order valence-electron chi connectivity index (χ2n) is 2.09. The van der Waals surface area contributed by atoms with E-state index < -0.39 is 0 Å². The summed E-state index contributed by atoms with van der Waals surface area (Å²) in [4.78, 5) is 4.17. The Labute approximate surface area is 81.0 Å². The number of phenols is 1. The molecule has 0 unspecified atom stereocenters. The van der Waals surface area contributed by atoms with Crippen LogP contribution in [0.25, 0.3) is 10.2 Å². The summed E-state index contributed by atoms with van der Waals surface area (Å²) in [6.45, 7) is 0. The van der Waals surface area contributed by atoms with Gasteiger partial charge in [0.1, 0.15) is 11.3 Å². The quantitative estimate of drug-likeness (QED) is 0.751. The van der Waals surface area contributed by atoms with E-state index in [2.05, 4.69) is 27.6 Å². The summed E-state index contributed by atoms with van der Waals surface area (Å²) in [5, 5.41) is 9.33. The SMILES string of the molecule is Oc1cccc2sc(I)nc12. The molecule has 1 aromatic heterocycles. The van der Waals surface area contributed by atoms with Crippen LogP contribution in [0.1, 0.15) is 0 Å². The zero-order valence-electron chi connectivity index (χ0n) is 5.41. The van der Waals surface area contributed by atoms with Crippen molar-refractivity contribution in [2.45, 2.75) is 0 Å². The third-order valence-electron chi connectivity index (χ3n) is 1.37. The van der Waals surface area contributed by atoms with E-state index in [9.17, 15) is 5.11 Å². The lowest BCUT2D eigenvalue weighted by Gasteiger charge is -1.89. The van der Waals surface area contributed by atoms with Crippen molar-refractivity contribution in [3.05, 3.63) is 21.2 Å². The number of hydrogen-bond acceptors (Lipinski definition) is 3. The molecule has 1 aromatic carbocycles. The lowest BCUT2D eigenvalue weighted by molar-refractivity contribution is 0.480. The summed E-state index contributed by atoms with van der Waals surface area (Å²) < 4.78 is 1.99. The first-order chi connectivity index (χ1) is 5.27. The molecule has 2 nitrogen and oxygen atoms in total. The van der Waals surface area contributed by atoms with Gasteiger partial charge in [-0.05, 0) is 34.7 Å². The molecule has 0 spiro atoms. The number of nitrogens with zero attached hydrogens (tertiary/aromatic N) is 1. The summed E-state index contributed by atoms with van der Waals surface area (Å²) >= 11 is 3.73. The second-order valence-corrected chi connectivity index (χ2v) is 4.88. The highest BCUT2D eigenvalue weighted by molar-refractivity contribution is 14.1. The van der Waals surface area contributed by atoms with Crippen LogP contribution in [0.2, 0.25) is 0 Å². The normalized spacial score (nSPS) is 10.6. The van der Waals surface area contributed by atoms with Gasteiger partial charge >= 0.3 is 0 Å². The summed E-state index contributed by atoms with van der Waals surface area (Å²) in [7, 11) is 0. The van der Waals surface area contributed by atoms with Crippen LogP contribution < -0.4 is 0 Å². The molecule has 0 saturated carbocycles. The minimum absolute atomic E-state index is 0.265. The molecule has 4 heteroatoms. The van der Waals surface area contributed by atoms with Gasteiger partial charge in [-0.1, -0.05) is 6.07 Å². The van der Waals surface area contributed by atoms with Gasteiger partial charge in [0.05, 0.1) is 4.70 Å². The number of hydrogen-bond donors (Lipinski definition) is 1. The Morgan fingerprint density at radius 1 is 1.45 bits per heavy atom. The maximum Gasteiger partial charge on any atom is 0.155 e. The van der Waals surface area contributed by atoms with E-state index in [4.69, 9.17) is 0 Å². The monoisotopic (exact) mass is 277 g/mol. The van der Waals surface area contributed by atoms with Crippen molar-refractivity contribution in [2.75, 3.05) is 0 Å². The Morgan fingerprint density at radius 3 is 3.00 bits per heavy atom. The van der Waals surface area contributed by atoms with E-state index in [1.807, 2.05) is 12.1 Å². The first-order valence-corrected chi connectivity index (χ1v) is 4.91. The molecular formula is C7H4INOS. The van der Waals surface area contributed by atoms with Crippen molar-refractivity contribution in [1.29, 1.82) is 0 Å². The molecule has 0 atom stereocenters. The Kier molecular flexibility index (Phi) is 1.72. The van der Waals surface area contributed by atoms with Crippen LogP contribution in [0.5, 0.6) is 5.75 Å². The Bertz CT molecular complexity index is 398. The van der Waals surface area contributed by atoms with Gasteiger partial charge in [-0.2, -0.15) is 0 Å². The average Bonchev–Trinajstić information content (AvgIpc) is 2.31. The minimum Gasteiger partial charge on any atom is -0.506 e. The van der Waals surface area contributed by atoms with Crippen LogP contribution in [-0.4, -0.2) is 10.1 Å². The first-order valence-electron chi connectivity index (χ1n) is 3.01. The smallest absolute Gasteiger partial charge is 0.155 e. The lowest BCUT2D eigenvalue weighted by atomic mass is 10.3. The van der Waals surface area contributed by atoms with Crippen molar-refractivity contribution in [2.24, 2.45) is 0 Å². The third-order valence-corrected chi connectivity index (χ3v) is 3.08. The summed E-state index contributed by atoms with van der Waals surface area (Å²) in [5.74, 6) is 0.265. The standard InChI is InChI=1S/C7H4INOS/c8-7-9-6-4(10)2-1-3-5(6)11-7/h1-3,10H. The molecule has 1 heterocycles. The number of aromatic hydroxyl groups is 1. The number of benzene rings is 1. The van der Waals surface area contributed by atoms with Gasteiger partial charge < -0.3 is 5.11 Å². The average molecular weight is 277 g/mol. The Balaban J connectivity index is 2.90. The topological polar surface area (TPSA) is 33.1 Å². The molecule has 0 aliphatic carbocycles. The van der Waals surface area contributed by atoms with Crippen LogP contribution in [0, 0.1) is 3.01 Å². The highest BCUT2D eigenvalue weighted by Crippen LogP contribution is 2.28. The zero-order valence-corrected chi connectivity index (χ0v) is 8.39. The van der Waals surface area contributed by atoms with E-state index >= 15 is 0 Å². The van der Waals surface area contributed by atoms with Gasteiger partial charge in [-0.15, -0.1) is 11.3 Å². The molecule has 2 rings (SSSR count). The number of phenolic OH excluding ortho intramolecular Hbond substituents is 1. The second kappa shape index (κ2) is 2.60. The predicted molar refractivity (Wildman–Crippen MR) is 54.0 cm³/mol. The highest BCUT2D eigenvalue weighted by Gasteiger charge is 2.03. The van der Waals surface area contributed by atoms with E-state index in [1.54, 1.807) is 17.4 Å². The van der Waals surface area contributed by atoms with Gasteiger partial charge in [0, 0.05) is 0 Å². The number of rotatable bonds is 0. The zero-order chi connectivity index (χ0) is 7.84. The van der Waals surface area contributed by atoms with Gasteiger partial charge in [0.15, 0.2) is 3.01 Å². The molecule has 11 heavy (non-hydrogen) atoms. The number of thiazole rings is 1. The van der Waals surface area contributed by atoms with Crippen molar-refractivity contribution >= 4 is 44.1 Å². The number of aromatic nitrogens is 1. The van der Waals surface area contributed by atoms with E-state index in [0.717, 1.165) is 7.71 Å². The molecule has 0 bridgehead atoms. The molecule has 56 valence electrons. The fourth-order valence-corrected chi connectivity index (χ4v) is 2.57. The molecule has 1 N–H and O–H groups in total. The molecule has 0 aliphatic rings. The molecule has 0 fully saturated rings. The highest BCUT2D eigenvalue weighted by atomic mass is 127. The van der Waals surface area contributed by atoms with E-state index in [1.165, 1.54) is 0 Å². The van der Waals surface area contributed by atoms with E-state index in [-0.39, 0.29) is 5.75 Å². The van der Waals surface area contributed by atoms with Crippen LogP contribution in [-0.2, 0) is 0 Å². The largest absolute Gasteiger partial charge is 0.506 e. The third kappa shape index (κ3) is 1.20. The van der Waals surface area contributed by atoms with Crippen molar-refractivity contribution in [3.8, 4) is 5.75 Å². The van der Waals surface area contributed by atoms with Gasteiger partial charge in [-0.3, -0.25) is 0 Å². The number of halogens is 1. The van der Waals surface area contributed by atoms with Gasteiger partial charge in [0.2, 0.25) is 0 Å². The maximum atomic E-state index is 9.33. The number of fused-ring (bicyclic) bond motifs is 1. The van der Waals surface area contributed by atoms with Crippen LogP contribution in [0.4, 0.5) is 0 Å². The van der Waals surface area contributed by atoms with Gasteiger partial charge in [0.25, 0.3) is 0 Å². The number of para-hydroxylation sites is 1. The fraction of sp³-hybridized carbons (Fsp3) is 0. The molecule has 2 aromatic rings. The van der Waals surface area contributed by atoms with Gasteiger partial charge in [-0.25, -0.2) is 4.98 Å². The van der Waals surface area contributed by atoms with Crippen LogP contribution in [0.3, 0.4) is 0 Å². The van der Waals surface area contributed by atoms with Crippen molar-refractivity contribution in [1.82, 2.24) is 4.98 Å². The maximum absolute atomic E-state index is 9.33. The molecule has 0 aliphatic heterocycles. The molecule has 0 saturated heterocycles. The van der Waals surface area contributed by atoms with E-state index in [0.29, 0.717) is 5.52 Å². The lowest BCUT2D eigenvalue weighted by Crippen LogP contribution is -1.69. The first kappa shape index (κ1) is 7.30. The molecule has 0 radical (unpaired) electrons. The van der Waals surface area contributed by atoms with Crippen molar-refractivity contribution in [3.63, 3.8) is 0 Å². The van der Waals surface area contributed by atoms with Crippen LogP contribution >= 0.6 is 33.9 Å². The minimum atomic E-state index is 0.265. The predicted octanol–water partition coefficient (Wildman–Crippen LogP) is 2.61. The summed E-state index contributed by atoms with van der Waals surface area (Å²) in [6.07, 6.45) is 0. The Morgan fingerprint density at radius 2 is 2.27 bits per heavy atom. The Hall–Kier alpha value is -0.360. The summed E-state index contributed by atoms with van der Waals surface area (Å²) in [5.41, 5.74) is 0.710. The molecular weight excluding hydrogens is 273 g/mol. The van der Waals surface area contributed by atoms with Crippen LogP contribution in [0.15, 0.2) is 18.2 Å². The van der Waals surface area contributed by atoms with Crippen molar-refractivity contribution < 1.29 is 5.11 Å². The molecule has 0 amide bonds. The fourth-order valence-electron chi connectivity index (χ4n) is 0.907. The summed E-state index contributed by atoms with van der Waals surface area (Å²) in [6, 6.07) is 5.43.